The number of alkyl halides is 2. The van der Waals surface area contributed by atoms with Crippen LogP contribution in [-0.4, -0.2) is 37.1 Å². The van der Waals surface area contributed by atoms with Gasteiger partial charge in [0.1, 0.15) is 5.75 Å². The lowest BCUT2D eigenvalue weighted by Gasteiger charge is -2.19. The van der Waals surface area contributed by atoms with Crippen LogP contribution in [0.25, 0.3) is 11.3 Å². The minimum atomic E-state index is -2.91. The Morgan fingerprint density at radius 2 is 1.78 bits per heavy atom. The van der Waals surface area contributed by atoms with Crippen molar-refractivity contribution in [2.24, 2.45) is 0 Å². The lowest BCUT2D eigenvalue weighted by molar-refractivity contribution is -0.0499. The maximum atomic E-state index is 13.3. The van der Waals surface area contributed by atoms with Crippen LogP contribution >= 0.6 is 0 Å². The Hall–Kier alpha value is -4.47. The number of anilines is 1. The molecule has 8 nitrogen and oxygen atoms in total. The molecular formula is C27H25F2N3O5. The summed E-state index contributed by atoms with van der Waals surface area (Å²) in [6.45, 7) is 0.913. The molecule has 0 saturated carbocycles. The van der Waals surface area contributed by atoms with Crippen molar-refractivity contribution in [1.29, 1.82) is 0 Å². The summed E-state index contributed by atoms with van der Waals surface area (Å²) in [4.78, 5) is 13.3. The van der Waals surface area contributed by atoms with Gasteiger partial charge < -0.3 is 24.3 Å². The molecule has 10 heteroatoms. The van der Waals surface area contributed by atoms with E-state index in [2.05, 4.69) is 15.5 Å². The Morgan fingerprint density at radius 1 is 1.05 bits per heavy atom. The summed E-state index contributed by atoms with van der Waals surface area (Å²) < 4.78 is 46.6. The van der Waals surface area contributed by atoms with E-state index >= 15 is 0 Å². The van der Waals surface area contributed by atoms with Crippen LogP contribution in [-0.2, 0) is 0 Å². The standard InChI is InChI=1S/C27H25F2N3O5/c1-27(2)36-22-14-18(13-21(34-3)24(22)37-27)30-26(33)32-15-20(16-7-5-4-6-8-16)23(31-32)17-9-11-19(12-10-17)35-25(28)29/h4-14,25,31H,15H2,1-3H3,(H,30,33). The summed E-state index contributed by atoms with van der Waals surface area (Å²) in [6, 6.07) is 18.8. The summed E-state index contributed by atoms with van der Waals surface area (Å²) in [5.74, 6) is 0.563. The molecular weight excluding hydrogens is 484 g/mol. The summed E-state index contributed by atoms with van der Waals surface area (Å²) >= 11 is 0. The second kappa shape index (κ2) is 9.53. The van der Waals surface area contributed by atoms with E-state index in [1.54, 1.807) is 38.1 Å². The van der Waals surface area contributed by atoms with Crippen molar-refractivity contribution in [2.75, 3.05) is 19.0 Å². The molecule has 0 aliphatic carbocycles. The number of rotatable bonds is 6. The zero-order chi connectivity index (χ0) is 26.2. The van der Waals surface area contributed by atoms with Gasteiger partial charge in [-0.3, -0.25) is 5.43 Å². The molecule has 0 saturated heterocycles. The average Bonchev–Trinajstić information content (AvgIpc) is 3.44. The third kappa shape index (κ3) is 5.09. The Morgan fingerprint density at radius 3 is 2.46 bits per heavy atom. The fourth-order valence-corrected chi connectivity index (χ4v) is 4.22. The molecule has 0 spiro atoms. The van der Waals surface area contributed by atoms with Crippen molar-refractivity contribution in [3.63, 3.8) is 0 Å². The highest BCUT2D eigenvalue weighted by molar-refractivity contribution is 5.98. The van der Waals surface area contributed by atoms with E-state index < -0.39 is 18.4 Å². The summed E-state index contributed by atoms with van der Waals surface area (Å²) in [6.07, 6.45) is 0. The van der Waals surface area contributed by atoms with Gasteiger partial charge >= 0.3 is 12.6 Å². The lowest BCUT2D eigenvalue weighted by atomic mass is 10.0. The zero-order valence-corrected chi connectivity index (χ0v) is 20.4. The fourth-order valence-electron chi connectivity index (χ4n) is 4.22. The zero-order valence-electron chi connectivity index (χ0n) is 20.4. The molecule has 0 bridgehead atoms. The number of ether oxygens (including phenoxy) is 4. The number of hydrogen-bond donors (Lipinski definition) is 2. The molecule has 37 heavy (non-hydrogen) atoms. The number of benzene rings is 3. The average molecular weight is 510 g/mol. The molecule has 0 fully saturated rings. The molecule has 2 aliphatic heterocycles. The van der Waals surface area contributed by atoms with Crippen LogP contribution in [0.1, 0.15) is 25.0 Å². The SMILES string of the molecule is COc1cc(NC(=O)N2CC(c3ccccc3)=C(c3ccc(OC(F)F)cc3)N2)cc2c1OC(C)(C)O2. The van der Waals surface area contributed by atoms with E-state index in [0.717, 1.165) is 11.1 Å². The minimum absolute atomic E-state index is 0.0492. The molecule has 2 heterocycles. The van der Waals surface area contributed by atoms with E-state index in [4.69, 9.17) is 14.2 Å². The number of carbonyl (C=O) groups excluding carboxylic acids is 1. The predicted molar refractivity (Wildman–Crippen MR) is 134 cm³/mol. The topological polar surface area (TPSA) is 81.3 Å². The third-order valence-electron chi connectivity index (χ3n) is 5.80. The second-order valence-corrected chi connectivity index (χ2v) is 8.86. The molecule has 2 amide bonds. The van der Waals surface area contributed by atoms with Gasteiger partial charge in [-0.25, -0.2) is 9.80 Å². The number of nitrogens with zero attached hydrogens (tertiary/aromatic N) is 1. The van der Waals surface area contributed by atoms with Crippen molar-refractivity contribution in [3.8, 4) is 23.0 Å². The number of urea groups is 1. The first kappa shape index (κ1) is 24.2. The van der Waals surface area contributed by atoms with E-state index in [-0.39, 0.29) is 12.3 Å². The first-order valence-electron chi connectivity index (χ1n) is 11.5. The van der Waals surface area contributed by atoms with Gasteiger partial charge in [-0.2, -0.15) is 8.78 Å². The Bertz CT molecular complexity index is 1340. The number of carbonyl (C=O) groups is 1. The molecule has 3 aromatic rings. The highest BCUT2D eigenvalue weighted by atomic mass is 19.3. The predicted octanol–water partition coefficient (Wildman–Crippen LogP) is 5.72. The number of amides is 2. The van der Waals surface area contributed by atoms with Gasteiger partial charge in [-0.1, -0.05) is 30.3 Å². The third-order valence-corrected chi connectivity index (χ3v) is 5.80. The molecule has 2 N–H and O–H groups in total. The van der Waals surface area contributed by atoms with E-state index in [0.29, 0.717) is 34.2 Å². The van der Waals surface area contributed by atoms with Crippen molar-refractivity contribution in [3.05, 3.63) is 77.9 Å². The normalized spacial score (nSPS) is 15.6. The number of hydrogen-bond acceptors (Lipinski definition) is 6. The fraction of sp³-hybridized carbons (Fsp3) is 0.222. The van der Waals surface area contributed by atoms with E-state index in [1.807, 2.05) is 30.3 Å². The largest absolute Gasteiger partial charge is 0.493 e. The van der Waals surface area contributed by atoms with Crippen LogP contribution in [0.2, 0.25) is 0 Å². The van der Waals surface area contributed by atoms with Gasteiger partial charge in [0.25, 0.3) is 0 Å². The van der Waals surface area contributed by atoms with Crippen LogP contribution in [0.5, 0.6) is 23.0 Å². The van der Waals surface area contributed by atoms with Crippen LogP contribution in [0, 0.1) is 0 Å². The molecule has 192 valence electrons. The van der Waals surface area contributed by atoms with Crippen molar-refractivity contribution in [2.45, 2.75) is 26.2 Å². The van der Waals surface area contributed by atoms with Crippen LogP contribution in [0.3, 0.4) is 0 Å². The Balaban J connectivity index is 1.39. The van der Waals surface area contributed by atoms with Gasteiger partial charge in [0, 0.05) is 37.1 Å². The molecule has 3 aromatic carbocycles. The molecule has 0 atom stereocenters. The first-order chi connectivity index (χ1) is 17.7. The Labute approximate surface area is 212 Å². The van der Waals surface area contributed by atoms with Crippen LogP contribution < -0.4 is 29.7 Å². The van der Waals surface area contributed by atoms with Gasteiger partial charge in [0.2, 0.25) is 11.5 Å². The molecule has 0 aromatic heterocycles. The van der Waals surface area contributed by atoms with Gasteiger partial charge in [-0.05, 0) is 29.8 Å². The summed E-state index contributed by atoms with van der Waals surface area (Å²) in [7, 11) is 1.51. The quantitative estimate of drug-likeness (QED) is 0.442. The first-order valence-corrected chi connectivity index (χ1v) is 11.5. The number of nitrogens with one attached hydrogen (secondary N) is 2. The van der Waals surface area contributed by atoms with E-state index in [1.165, 1.54) is 24.3 Å². The van der Waals surface area contributed by atoms with Gasteiger partial charge in [-0.15, -0.1) is 0 Å². The smallest absolute Gasteiger partial charge is 0.387 e. The monoisotopic (exact) mass is 509 g/mol. The highest BCUT2D eigenvalue weighted by Gasteiger charge is 2.35. The molecule has 0 unspecified atom stereocenters. The maximum Gasteiger partial charge on any atom is 0.387 e. The highest BCUT2D eigenvalue weighted by Crippen LogP contribution is 2.47. The van der Waals surface area contributed by atoms with Crippen LogP contribution in [0.4, 0.5) is 19.3 Å². The molecule has 0 radical (unpaired) electrons. The van der Waals surface area contributed by atoms with Crippen molar-refractivity contribution >= 4 is 23.0 Å². The summed E-state index contributed by atoms with van der Waals surface area (Å²) in [5.41, 5.74) is 6.79. The molecule has 5 rings (SSSR count). The Kier molecular flexibility index (Phi) is 6.24. The maximum absolute atomic E-state index is 13.3. The van der Waals surface area contributed by atoms with Crippen molar-refractivity contribution < 1.29 is 32.5 Å². The minimum Gasteiger partial charge on any atom is -0.493 e. The van der Waals surface area contributed by atoms with Gasteiger partial charge in [0.05, 0.1) is 25.0 Å². The van der Waals surface area contributed by atoms with Crippen molar-refractivity contribution in [1.82, 2.24) is 10.4 Å². The number of halogens is 2. The van der Waals surface area contributed by atoms with E-state index in [9.17, 15) is 13.6 Å². The molecule has 2 aliphatic rings. The second-order valence-electron chi connectivity index (χ2n) is 8.86. The number of hydrazine groups is 1. The number of methoxy groups -OCH3 is 1. The summed E-state index contributed by atoms with van der Waals surface area (Å²) in [5, 5.41) is 4.30. The lowest BCUT2D eigenvalue weighted by Crippen LogP contribution is -2.40. The number of fused-ring (bicyclic) bond motifs is 1. The van der Waals surface area contributed by atoms with Gasteiger partial charge in [0.15, 0.2) is 11.5 Å². The van der Waals surface area contributed by atoms with Crippen LogP contribution in [0.15, 0.2) is 66.7 Å².